The smallest absolute Gasteiger partial charge is 0.0645 e. The summed E-state index contributed by atoms with van der Waals surface area (Å²) in [6.45, 7) is 7.85. The fourth-order valence-electron chi connectivity index (χ4n) is 0.694. The van der Waals surface area contributed by atoms with Gasteiger partial charge >= 0.3 is 0 Å². The quantitative estimate of drug-likeness (QED) is 0.561. The predicted octanol–water partition coefficient (Wildman–Crippen LogP) is 3.83. The fourth-order valence-corrected chi connectivity index (χ4v) is 0.694. The lowest BCUT2D eigenvalue weighted by Crippen LogP contribution is -1.76. The van der Waals surface area contributed by atoms with E-state index in [9.17, 15) is 0 Å². The van der Waals surface area contributed by atoms with E-state index in [4.69, 9.17) is 1.37 Å². The monoisotopic (exact) mass is 165 g/mol. The van der Waals surface area contributed by atoms with Gasteiger partial charge in [-0.15, -0.1) is 0 Å². The Morgan fingerprint density at radius 1 is 1.25 bits per heavy atom. The minimum atomic E-state index is 0.480. The lowest BCUT2D eigenvalue weighted by molar-refractivity contribution is 1.48. The van der Waals surface area contributed by atoms with Crippen molar-refractivity contribution >= 4 is 11.4 Å². The zero-order chi connectivity index (χ0) is 10.3. The summed E-state index contributed by atoms with van der Waals surface area (Å²) >= 11 is 0. The largest absolute Gasteiger partial charge is 0.258 e. The van der Waals surface area contributed by atoms with Crippen molar-refractivity contribution in [2.24, 2.45) is 4.99 Å². The average molecular weight is 165 g/mol. The normalized spacial score (nSPS) is 9.17. The van der Waals surface area contributed by atoms with Crippen molar-refractivity contribution in [2.75, 3.05) is 0 Å². The van der Waals surface area contributed by atoms with Gasteiger partial charge in [-0.05, 0) is 26.0 Å². The van der Waals surface area contributed by atoms with E-state index in [1.165, 1.54) is 0 Å². The number of hydrogen-bond acceptors (Lipinski definition) is 1. The van der Waals surface area contributed by atoms with E-state index in [0.717, 1.165) is 11.4 Å². The van der Waals surface area contributed by atoms with Gasteiger partial charge in [0.05, 0.1) is 7.06 Å². The van der Waals surface area contributed by atoms with E-state index in [0.29, 0.717) is 6.04 Å². The molecule has 0 radical (unpaired) electrons. The van der Waals surface area contributed by atoms with Crippen LogP contribution >= 0.6 is 0 Å². The van der Waals surface area contributed by atoms with Gasteiger partial charge in [-0.3, -0.25) is 4.99 Å². The number of rotatable bonds is 1. The molecule has 0 saturated carbocycles. The van der Waals surface area contributed by atoms with E-state index >= 15 is 0 Å². The minimum Gasteiger partial charge on any atom is -0.258 e. The van der Waals surface area contributed by atoms with Crippen LogP contribution in [0.4, 0.5) is 5.69 Å². The van der Waals surface area contributed by atoms with Crippen molar-refractivity contribution in [1.82, 2.24) is 0 Å². The van der Waals surface area contributed by atoms with E-state index in [-0.39, 0.29) is 0 Å². The molecule has 1 nitrogen and oxygen atoms in total. The molecular weight excluding hydrogens is 146 g/mol. The molecule has 0 atom stereocenters. The lowest BCUT2D eigenvalue weighted by atomic mass is 10.3. The Labute approximate surface area is 76.6 Å². The van der Waals surface area contributed by atoms with Gasteiger partial charge in [-0.1, -0.05) is 32.0 Å². The molecule has 1 heteroatoms. The third kappa shape index (κ3) is 4.67. The van der Waals surface area contributed by atoms with Crippen molar-refractivity contribution in [2.45, 2.75) is 27.7 Å². The Kier molecular flexibility index (Phi) is 4.93. The first kappa shape index (κ1) is 8.98. The summed E-state index contributed by atoms with van der Waals surface area (Å²) in [4.78, 5) is 4.19. The summed E-state index contributed by atoms with van der Waals surface area (Å²) in [7, 11) is 0. The number of aliphatic imine (C=N–C) groups is 1. The Bertz CT molecular complexity index is 275. The lowest BCUT2D eigenvalue weighted by Gasteiger charge is -1.91. The Hall–Kier alpha value is -1.11. The first-order chi connectivity index (χ1) is 6.20. The van der Waals surface area contributed by atoms with Crippen LogP contribution in [0.5, 0.6) is 0 Å². The highest BCUT2D eigenvalue weighted by atomic mass is 14.7. The second kappa shape index (κ2) is 6.59. The molecule has 0 spiro atoms. The van der Waals surface area contributed by atoms with Crippen LogP contribution in [0.1, 0.15) is 29.1 Å². The van der Waals surface area contributed by atoms with Gasteiger partial charge in [0.1, 0.15) is 0 Å². The Morgan fingerprint density at radius 2 is 1.92 bits per heavy atom. The summed E-state index contributed by atoms with van der Waals surface area (Å²) in [5.41, 5.74) is 1.72. The molecule has 1 aromatic rings. The van der Waals surface area contributed by atoms with Crippen molar-refractivity contribution in [3.8, 4) is 0 Å². The molecule has 0 aromatic heterocycles. The van der Waals surface area contributed by atoms with Gasteiger partial charge in [0.15, 0.2) is 0 Å². The number of para-hydroxylation sites is 1. The van der Waals surface area contributed by atoms with Gasteiger partial charge in [0.25, 0.3) is 0 Å². The summed E-state index contributed by atoms with van der Waals surface area (Å²) in [5, 5.41) is 0. The third-order valence-corrected chi connectivity index (χ3v) is 1.04. The summed E-state index contributed by atoms with van der Waals surface area (Å²) < 4.78 is 7.46. The molecular formula is C11H17N. The first-order valence-corrected chi connectivity index (χ1v) is 4.27. The highest BCUT2D eigenvalue weighted by molar-refractivity contribution is 5.81. The Balaban J connectivity index is 0.000000671. The van der Waals surface area contributed by atoms with Gasteiger partial charge in [-0.2, -0.15) is 0 Å². The molecule has 0 aliphatic rings. The maximum atomic E-state index is 7.46. The highest BCUT2D eigenvalue weighted by Crippen LogP contribution is 2.09. The zero-order valence-corrected chi connectivity index (χ0v) is 8.26. The third-order valence-electron chi connectivity index (χ3n) is 1.04. The topological polar surface area (TPSA) is 12.4 Å². The van der Waals surface area contributed by atoms with Crippen molar-refractivity contribution in [3.05, 3.63) is 30.3 Å². The predicted molar refractivity (Wildman–Crippen MR) is 56.2 cm³/mol. The zero-order valence-electron chi connectivity index (χ0n) is 9.26. The Morgan fingerprint density at radius 3 is 2.42 bits per heavy atom. The van der Waals surface area contributed by atoms with E-state index in [2.05, 4.69) is 4.99 Å². The van der Waals surface area contributed by atoms with E-state index < -0.39 is 0 Å². The fraction of sp³-hybridized carbons (Fsp3) is 0.364. The number of hydrogen-bond donors (Lipinski definition) is 0. The molecule has 0 N–H and O–H groups in total. The summed E-state index contributed by atoms with van der Waals surface area (Å²) in [6, 6.07) is 7.79. The number of nitrogens with zero attached hydrogens (tertiary/aromatic N) is 1. The molecule has 0 amide bonds. The van der Waals surface area contributed by atoms with Crippen molar-refractivity contribution in [3.63, 3.8) is 0 Å². The second-order valence-electron chi connectivity index (χ2n) is 2.31. The summed E-state index contributed by atoms with van der Waals surface area (Å²) in [5.74, 6) is 0. The van der Waals surface area contributed by atoms with Crippen LogP contribution in [-0.2, 0) is 0 Å². The summed E-state index contributed by atoms with van der Waals surface area (Å²) in [6.07, 6.45) is 0. The molecule has 0 bridgehead atoms. The van der Waals surface area contributed by atoms with Crippen molar-refractivity contribution in [1.29, 1.82) is 0 Å². The number of benzene rings is 1. The molecule has 0 aliphatic carbocycles. The minimum absolute atomic E-state index is 0.480. The molecule has 1 aromatic carbocycles. The van der Waals surface area contributed by atoms with Crippen molar-refractivity contribution < 1.29 is 1.37 Å². The SMILES string of the molecule is CC.[3H]c1ccccc1N=C(C)C. The second-order valence-corrected chi connectivity index (χ2v) is 2.31. The standard InChI is InChI=1S/C9H11N.C2H6/c1-8(2)10-9-6-4-3-5-7-9;1-2/h3-7H,1-2H3;1-2H3/i6T;. The van der Waals surface area contributed by atoms with Gasteiger partial charge in [0, 0.05) is 5.71 Å². The molecule has 12 heavy (non-hydrogen) atoms. The first-order valence-electron chi connectivity index (χ1n) is 4.77. The molecule has 0 saturated heterocycles. The molecule has 1 rings (SSSR count). The van der Waals surface area contributed by atoms with Crippen LogP contribution < -0.4 is 0 Å². The van der Waals surface area contributed by atoms with Crippen LogP contribution in [-0.4, -0.2) is 5.71 Å². The van der Waals surface area contributed by atoms with Crippen LogP contribution in [0.3, 0.4) is 0 Å². The highest BCUT2D eigenvalue weighted by Gasteiger charge is 1.83. The van der Waals surface area contributed by atoms with Gasteiger partial charge in [0.2, 0.25) is 0 Å². The molecule has 0 heterocycles. The molecule has 0 fully saturated rings. The average Bonchev–Trinajstić information content (AvgIpc) is 2.12. The van der Waals surface area contributed by atoms with E-state index in [1.807, 2.05) is 45.9 Å². The molecule has 0 aliphatic heterocycles. The molecule has 66 valence electrons. The van der Waals surface area contributed by atoms with E-state index in [1.54, 1.807) is 6.07 Å². The van der Waals surface area contributed by atoms with Gasteiger partial charge < -0.3 is 0 Å². The van der Waals surface area contributed by atoms with Gasteiger partial charge in [-0.25, -0.2) is 0 Å². The van der Waals surface area contributed by atoms with Crippen LogP contribution in [0.25, 0.3) is 0 Å². The maximum Gasteiger partial charge on any atom is 0.0645 e. The maximum absolute atomic E-state index is 7.46. The van der Waals surface area contributed by atoms with Crippen LogP contribution in [0.15, 0.2) is 35.3 Å². The van der Waals surface area contributed by atoms with Crippen LogP contribution in [0.2, 0.25) is 0 Å². The van der Waals surface area contributed by atoms with Crippen LogP contribution in [0, 0.1) is 0 Å². The molecule has 0 unspecified atom stereocenters.